The van der Waals surface area contributed by atoms with Crippen LogP contribution >= 0.6 is 0 Å². The second-order valence-corrected chi connectivity index (χ2v) is 5.47. The summed E-state index contributed by atoms with van der Waals surface area (Å²) in [5.41, 5.74) is 1.34. The molecule has 1 N–H and O–H groups in total. The van der Waals surface area contributed by atoms with E-state index in [2.05, 4.69) is 6.92 Å². The highest BCUT2D eigenvalue weighted by atomic mass is 16.4. The third-order valence-corrected chi connectivity index (χ3v) is 4.15. The van der Waals surface area contributed by atoms with Gasteiger partial charge in [-0.05, 0) is 48.3 Å². The molecule has 0 amide bonds. The Bertz CT molecular complexity index is 431. The van der Waals surface area contributed by atoms with E-state index in [1.54, 1.807) is 12.2 Å². The first-order valence-corrected chi connectivity index (χ1v) is 6.12. The van der Waals surface area contributed by atoms with Gasteiger partial charge in [-0.2, -0.15) is 0 Å². The van der Waals surface area contributed by atoms with E-state index in [0.717, 1.165) is 24.8 Å². The van der Waals surface area contributed by atoms with E-state index in [-0.39, 0.29) is 17.1 Å². The number of ketones is 1. The fraction of sp³-hybridized carbons (Fsp3) is 0.571. The molecule has 0 unspecified atom stereocenters. The van der Waals surface area contributed by atoms with Gasteiger partial charge in [0, 0.05) is 12.0 Å². The summed E-state index contributed by atoms with van der Waals surface area (Å²) in [5, 5.41) is 9.19. The van der Waals surface area contributed by atoms with E-state index in [1.165, 1.54) is 0 Å². The number of hydrogen-bond donors (Lipinski definition) is 1. The summed E-state index contributed by atoms with van der Waals surface area (Å²) in [6, 6.07) is 0. The fourth-order valence-corrected chi connectivity index (χ4v) is 2.72. The quantitative estimate of drug-likeness (QED) is 0.759. The molecule has 2 rings (SSSR count). The molecule has 0 bridgehead atoms. The molecule has 0 aromatic carbocycles. The molecule has 0 radical (unpaired) electrons. The number of allylic oxidation sites excluding steroid dienone is 3. The molecule has 0 aromatic heterocycles. The van der Waals surface area contributed by atoms with Gasteiger partial charge in [-0.25, -0.2) is 4.79 Å². The van der Waals surface area contributed by atoms with Gasteiger partial charge in [-0.3, -0.25) is 4.79 Å². The Kier molecular flexibility index (Phi) is 2.94. The maximum atomic E-state index is 11.5. The third-order valence-electron chi connectivity index (χ3n) is 4.15. The lowest BCUT2D eigenvalue weighted by molar-refractivity contribution is -0.133. The smallest absolute Gasteiger partial charge is 0.331 e. The summed E-state index contributed by atoms with van der Waals surface area (Å²) in [5.74, 6) is -0.681. The van der Waals surface area contributed by atoms with E-state index in [1.807, 2.05) is 6.92 Å². The van der Waals surface area contributed by atoms with Crippen molar-refractivity contribution in [2.45, 2.75) is 39.5 Å². The summed E-state index contributed by atoms with van der Waals surface area (Å²) in [6.07, 6.45) is 6.64. The Morgan fingerprint density at radius 2 is 2.12 bits per heavy atom. The summed E-state index contributed by atoms with van der Waals surface area (Å²) in [7, 11) is 0. The third kappa shape index (κ3) is 2.19. The van der Waals surface area contributed by atoms with Gasteiger partial charge in [0.1, 0.15) is 0 Å². The van der Waals surface area contributed by atoms with Crippen LogP contribution in [0.25, 0.3) is 0 Å². The second kappa shape index (κ2) is 4.13. The molecule has 0 saturated carbocycles. The van der Waals surface area contributed by atoms with Crippen LogP contribution in [0.4, 0.5) is 0 Å². The first kappa shape index (κ1) is 12.1. The predicted octanol–water partition coefficient (Wildman–Crippen LogP) is 2.72. The Morgan fingerprint density at radius 1 is 1.41 bits per heavy atom. The van der Waals surface area contributed by atoms with E-state index in [4.69, 9.17) is 0 Å². The molecule has 2 aliphatic carbocycles. The van der Waals surface area contributed by atoms with Crippen molar-refractivity contribution < 1.29 is 14.7 Å². The van der Waals surface area contributed by atoms with E-state index in [9.17, 15) is 14.7 Å². The molecule has 0 fully saturated rings. The minimum absolute atomic E-state index is 0.0145. The SMILES string of the molecule is C[C@H]1CC[C@@]2(C)CCC(=O)C=C2C=C1C(=O)O. The minimum Gasteiger partial charge on any atom is -0.478 e. The monoisotopic (exact) mass is 234 g/mol. The van der Waals surface area contributed by atoms with Crippen LogP contribution in [0.3, 0.4) is 0 Å². The van der Waals surface area contributed by atoms with Crippen LogP contribution in [0.15, 0.2) is 23.3 Å². The topological polar surface area (TPSA) is 54.4 Å². The highest BCUT2D eigenvalue weighted by Crippen LogP contribution is 2.45. The minimum atomic E-state index is -0.860. The van der Waals surface area contributed by atoms with Gasteiger partial charge < -0.3 is 5.11 Å². The molecule has 92 valence electrons. The molecule has 0 aliphatic heterocycles. The average molecular weight is 234 g/mol. The normalized spacial score (nSPS) is 33.3. The van der Waals surface area contributed by atoms with Crippen LogP contribution in [0.5, 0.6) is 0 Å². The average Bonchev–Trinajstić information content (AvgIpc) is 2.38. The predicted molar refractivity (Wildman–Crippen MR) is 64.5 cm³/mol. The molecular formula is C14H18O3. The van der Waals surface area contributed by atoms with Crippen LogP contribution < -0.4 is 0 Å². The Morgan fingerprint density at radius 3 is 2.76 bits per heavy atom. The van der Waals surface area contributed by atoms with Crippen LogP contribution in [0, 0.1) is 11.3 Å². The molecule has 17 heavy (non-hydrogen) atoms. The van der Waals surface area contributed by atoms with Gasteiger partial charge in [-0.15, -0.1) is 0 Å². The maximum absolute atomic E-state index is 11.5. The molecule has 0 aromatic rings. The van der Waals surface area contributed by atoms with Gasteiger partial charge >= 0.3 is 5.97 Å². The molecule has 2 atom stereocenters. The summed E-state index contributed by atoms with van der Waals surface area (Å²) in [6.45, 7) is 4.09. The van der Waals surface area contributed by atoms with Crippen molar-refractivity contribution in [3.05, 3.63) is 23.3 Å². The number of fused-ring (bicyclic) bond motifs is 1. The Labute approximate surface area is 101 Å². The number of rotatable bonds is 1. The van der Waals surface area contributed by atoms with Crippen molar-refractivity contribution in [1.82, 2.24) is 0 Å². The fourth-order valence-electron chi connectivity index (χ4n) is 2.72. The summed E-state index contributed by atoms with van der Waals surface area (Å²) < 4.78 is 0. The molecular weight excluding hydrogens is 216 g/mol. The van der Waals surface area contributed by atoms with Gasteiger partial charge in [0.2, 0.25) is 0 Å². The number of carboxylic acid groups (broad SMARTS) is 1. The number of hydrogen-bond acceptors (Lipinski definition) is 2. The van der Waals surface area contributed by atoms with E-state index in [0.29, 0.717) is 12.0 Å². The maximum Gasteiger partial charge on any atom is 0.331 e. The highest BCUT2D eigenvalue weighted by molar-refractivity contribution is 5.93. The van der Waals surface area contributed by atoms with Crippen molar-refractivity contribution in [1.29, 1.82) is 0 Å². The lowest BCUT2D eigenvalue weighted by Gasteiger charge is -2.32. The zero-order valence-electron chi connectivity index (χ0n) is 10.3. The van der Waals surface area contributed by atoms with E-state index >= 15 is 0 Å². The van der Waals surface area contributed by atoms with Crippen molar-refractivity contribution in [3.8, 4) is 0 Å². The van der Waals surface area contributed by atoms with E-state index < -0.39 is 5.97 Å². The van der Waals surface area contributed by atoms with Gasteiger partial charge in [0.15, 0.2) is 5.78 Å². The molecule has 0 heterocycles. The zero-order chi connectivity index (χ0) is 12.6. The lowest BCUT2D eigenvalue weighted by Crippen LogP contribution is -2.24. The second-order valence-electron chi connectivity index (χ2n) is 5.47. The van der Waals surface area contributed by atoms with Crippen LogP contribution in [0.1, 0.15) is 39.5 Å². The van der Waals surface area contributed by atoms with Crippen molar-refractivity contribution in [3.63, 3.8) is 0 Å². The van der Waals surface area contributed by atoms with Crippen molar-refractivity contribution >= 4 is 11.8 Å². The molecule has 0 saturated heterocycles. The summed E-state index contributed by atoms with van der Waals surface area (Å²) >= 11 is 0. The molecule has 3 heteroatoms. The molecule has 0 spiro atoms. The zero-order valence-corrected chi connectivity index (χ0v) is 10.3. The standard InChI is InChI=1S/C14H18O3/c1-9-3-5-14(2)6-4-11(15)7-10(14)8-12(9)13(16)17/h7-9H,3-6H2,1-2H3,(H,16,17)/t9-,14-/m0/s1. The number of carbonyl (C=O) groups excluding carboxylic acids is 1. The van der Waals surface area contributed by atoms with Crippen molar-refractivity contribution in [2.75, 3.05) is 0 Å². The lowest BCUT2D eigenvalue weighted by atomic mass is 9.71. The van der Waals surface area contributed by atoms with Gasteiger partial charge in [-0.1, -0.05) is 13.8 Å². The Balaban J connectivity index is 2.48. The van der Waals surface area contributed by atoms with Gasteiger partial charge in [0.25, 0.3) is 0 Å². The number of carbonyl (C=O) groups is 2. The molecule has 3 nitrogen and oxygen atoms in total. The molecule has 2 aliphatic rings. The Hall–Kier alpha value is -1.38. The van der Waals surface area contributed by atoms with Crippen LogP contribution in [0.2, 0.25) is 0 Å². The van der Waals surface area contributed by atoms with Crippen molar-refractivity contribution in [2.24, 2.45) is 11.3 Å². The van der Waals surface area contributed by atoms with Gasteiger partial charge in [0.05, 0.1) is 0 Å². The first-order chi connectivity index (χ1) is 7.92. The first-order valence-electron chi connectivity index (χ1n) is 6.12. The largest absolute Gasteiger partial charge is 0.478 e. The van der Waals surface area contributed by atoms with Crippen LogP contribution in [-0.2, 0) is 9.59 Å². The highest BCUT2D eigenvalue weighted by Gasteiger charge is 2.36. The van der Waals surface area contributed by atoms with Crippen LogP contribution in [-0.4, -0.2) is 16.9 Å². The summed E-state index contributed by atoms with van der Waals surface area (Å²) in [4.78, 5) is 22.7. The number of aliphatic carboxylic acids is 1. The number of carboxylic acids is 1.